The lowest BCUT2D eigenvalue weighted by Gasteiger charge is -2.14. The molecule has 0 unspecified atom stereocenters. The van der Waals surface area contributed by atoms with Gasteiger partial charge < -0.3 is 9.67 Å². The van der Waals surface area contributed by atoms with Gasteiger partial charge in [-0.3, -0.25) is 0 Å². The number of hydrogen-bond donors (Lipinski definition) is 1. The zero-order valence-electron chi connectivity index (χ0n) is 10.1. The SMILES string of the molecule is CC(C)n1c(CO)nnc1-c1cc(Br)ccc1Cl. The molecule has 1 aromatic carbocycles. The fraction of sp³-hybridized carbons (Fsp3) is 0.333. The summed E-state index contributed by atoms with van der Waals surface area (Å²) in [5.41, 5.74) is 0.798. The van der Waals surface area contributed by atoms with Crippen LogP contribution in [0.2, 0.25) is 5.02 Å². The summed E-state index contributed by atoms with van der Waals surface area (Å²) >= 11 is 9.61. The van der Waals surface area contributed by atoms with E-state index >= 15 is 0 Å². The summed E-state index contributed by atoms with van der Waals surface area (Å²) in [5.74, 6) is 1.20. The zero-order valence-corrected chi connectivity index (χ0v) is 12.4. The van der Waals surface area contributed by atoms with Crippen LogP contribution >= 0.6 is 27.5 Å². The van der Waals surface area contributed by atoms with Crippen molar-refractivity contribution < 1.29 is 5.11 Å². The van der Waals surface area contributed by atoms with E-state index in [0.29, 0.717) is 16.7 Å². The van der Waals surface area contributed by atoms with Gasteiger partial charge in [0.15, 0.2) is 11.6 Å². The molecule has 6 heteroatoms. The highest BCUT2D eigenvalue weighted by Gasteiger charge is 2.17. The van der Waals surface area contributed by atoms with Gasteiger partial charge in [-0.25, -0.2) is 0 Å². The first-order valence-electron chi connectivity index (χ1n) is 5.54. The first kappa shape index (κ1) is 13.5. The normalized spacial score (nSPS) is 11.2. The fourth-order valence-electron chi connectivity index (χ4n) is 1.83. The van der Waals surface area contributed by atoms with Crippen molar-refractivity contribution in [2.45, 2.75) is 26.5 Å². The van der Waals surface area contributed by atoms with E-state index in [0.717, 1.165) is 10.0 Å². The number of nitrogens with zero attached hydrogens (tertiary/aromatic N) is 3. The Hall–Kier alpha value is -0.910. The fourth-order valence-corrected chi connectivity index (χ4v) is 2.39. The average Bonchev–Trinajstić information content (AvgIpc) is 2.75. The van der Waals surface area contributed by atoms with Gasteiger partial charge >= 0.3 is 0 Å². The molecule has 4 nitrogen and oxygen atoms in total. The second kappa shape index (κ2) is 5.38. The Morgan fingerprint density at radius 2 is 2.11 bits per heavy atom. The van der Waals surface area contributed by atoms with Crippen molar-refractivity contribution >= 4 is 27.5 Å². The molecule has 0 bridgehead atoms. The van der Waals surface area contributed by atoms with Gasteiger partial charge in [0.25, 0.3) is 0 Å². The number of rotatable bonds is 3. The van der Waals surface area contributed by atoms with Crippen molar-refractivity contribution in [2.75, 3.05) is 0 Å². The first-order valence-corrected chi connectivity index (χ1v) is 6.71. The third-order valence-electron chi connectivity index (χ3n) is 2.59. The Bertz CT molecular complexity index is 568. The van der Waals surface area contributed by atoms with E-state index in [2.05, 4.69) is 26.1 Å². The van der Waals surface area contributed by atoms with Crippen LogP contribution in [0.1, 0.15) is 25.7 Å². The Labute approximate surface area is 119 Å². The summed E-state index contributed by atoms with van der Waals surface area (Å²) in [7, 11) is 0. The molecule has 0 saturated heterocycles. The second-order valence-electron chi connectivity index (χ2n) is 4.19. The van der Waals surface area contributed by atoms with E-state index in [4.69, 9.17) is 11.6 Å². The zero-order chi connectivity index (χ0) is 13.3. The lowest BCUT2D eigenvalue weighted by atomic mass is 10.2. The van der Waals surface area contributed by atoms with Crippen molar-refractivity contribution in [3.8, 4) is 11.4 Å². The van der Waals surface area contributed by atoms with Gasteiger partial charge in [-0.1, -0.05) is 27.5 Å². The highest BCUT2D eigenvalue weighted by atomic mass is 79.9. The van der Waals surface area contributed by atoms with Gasteiger partial charge in [0.1, 0.15) is 6.61 Å². The smallest absolute Gasteiger partial charge is 0.165 e. The Balaban J connectivity index is 2.63. The minimum absolute atomic E-state index is 0.142. The van der Waals surface area contributed by atoms with Gasteiger partial charge in [0, 0.05) is 16.1 Å². The Kier molecular flexibility index (Phi) is 4.04. The summed E-state index contributed by atoms with van der Waals surface area (Å²) in [4.78, 5) is 0. The van der Waals surface area contributed by atoms with Crippen molar-refractivity contribution in [1.82, 2.24) is 14.8 Å². The largest absolute Gasteiger partial charge is 0.388 e. The molecule has 0 atom stereocenters. The predicted molar refractivity (Wildman–Crippen MR) is 74.5 cm³/mol. The number of aromatic nitrogens is 3. The first-order chi connectivity index (χ1) is 8.54. The molecule has 0 aliphatic rings. The summed E-state index contributed by atoms with van der Waals surface area (Å²) in [6.07, 6.45) is 0. The monoisotopic (exact) mass is 329 g/mol. The van der Waals surface area contributed by atoms with E-state index in [1.165, 1.54) is 0 Å². The molecule has 0 fully saturated rings. The molecule has 0 amide bonds. The topological polar surface area (TPSA) is 50.9 Å². The molecular weight excluding hydrogens is 318 g/mol. The van der Waals surface area contributed by atoms with Crippen LogP contribution in [0.4, 0.5) is 0 Å². The minimum Gasteiger partial charge on any atom is -0.388 e. The van der Waals surface area contributed by atoms with Gasteiger partial charge in [-0.15, -0.1) is 10.2 Å². The highest BCUT2D eigenvalue weighted by Crippen LogP contribution is 2.31. The molecule has 1 heterocycles. The molecule has 18 heavy (non-hydrogen) atoms. The summed E-state index contributed by atoms with van der Waals surface area (Å²) in [6, 6.07) is 5.72. The van der Waals surface area contributed by atoms with Crippen molar-refractivity contribution in [3.63, 3.8) is 0 Å². The van der Waals surface area contributed by atoms with Gasteiger partial charge in [-0.2, -0.15) is 0 Å². The number of benzene rings is 1. The van der Waals surface area contributed by atoms with Crippen LogP contribution in [0.3, 0.4) is 0 Å². The van der Waals surface area contributed by atoms with Crippen LogP contribution in [0.15, 0.2) is 22.7 Å². The molecule has 0 spiro atoms. The third kappa shape index (κ3) is 2.43. The van der Waals surface area contributed by atoms with E-state index < -0.39 is 0 Å². The lowest BCUT2D eigenvalue weighted by Crippen LogP contribution is -2.08. The maximum atomic E-state index is 9.29. The maximum Gasteiger partial charge on any atom is 0.165 e. The molecule has 96 valence electrons. The van der Waals surface area contributed by atoms with Crippen LogP contribution in [0.5, 0.6) is 0 Å². The molecule has 1 aromatic heterocycles. The quantitative estimate of drug-likeness (QED) is 0.938. The number of aliphatic hydroxyl groups is 1. The number of hydrogen-bond acceptors (Lipinski definition) is 3. The molecule has 0 saturated carbocycles. The summed E-state index contributed by atoms with van der Waals surface area (Å²) < 4.78 is 2.80. The highest BCUT2D eigenvalue weighted by molar-refractivity contribution is 9.10. The molecule has 0 radical (unpaired) electrons. The molecule has 1 N–H and O–H groups in total. The Morgan fingerprint density at radius 3 is 2.72 bits per heavy atom. The molecule has 0 aliphatic carbocycles. The van der Waals surface area contributed by atoms with E-state index in [-0.39, 0.29) is 12.6 Å². The minimum atomic E-state index is -0.142. The lowest BCUT2D eigenvalue weighted by molar-refractivity contribution is 0.262. The molecule has 2 rings (SSSR count). The standard InChI is InChI=1S/C12H13BrClN3O/c1-7(2)17-11(6-18)15-16-12(17)9-5-8(13)3-4-10(9)14/h3-5,7,18H,6H2,1-2H3. The van der Waals surface area contributed by atoms with Gasteiger partial charge in [0.2, 0.25) is 0 Å². The summed E-state index contributed by atoms with van der Waals surface area (Å²) in [6.45, 7) is 3.88. The van der Waals surface area contributed by atoms with Crippen LogP contribution in [-0.4, -0.2) is 19.9 Å². The maximum absolute atomic E-state index is 9.29. The van der Waals surface area contributed by atoms with Crippen LogP contribution in [0, 0.1) is 0 Å². The second-order valence-corrected chi connectivity index (χ2v) is 5.51. The summed E-state index contributed by atoms with van der Waals surface area (Å²) in [5, 5.41) is 18.0. The Morgan fingerprint density at radius 1 is 1.39 bits per heavy atom. The van der Waals surface area contributed by atoms with E-state index in [9.17, 15) is 5.11 Å². The number of aliphatic hydroxyl groups excluding tert-OH is 1. The van der Waals surface area contributed by atoms with Crippen LogP contribution in [-0.2, 0) is 6.61 Å². The van der Waals surface area contributed by atoms with Crippen LogP contribution in [0.25, 0.3) is 11.4 Å². The predicted octanol–water partition coefficient (Wildman–Crippen LogP) is 3.43. The third-order valence-corrected chi connectivity index (χ3v) is 3.42. The van der Waals surface area contributed by atoms with Crippen molar-refractivity contribution in [3.05, 3.63) is 33.5 Å². The molecule has 0 aliphatic heterocycles. The van der Waals surface area contributed by atoms with Gasteiger partial charge in [0.05, 0.1) is 5.02 Å². The van der Waals surface area contributed by atoms with Crippen molar-refractivity contribution in [2.24, 2.45) is 0 Å². The molecule has 2 aromatic rings. The van der Waals surface area contributed by atoms with Crippen molar-refractivity contribution in [1.29, 1.82) is 0 Å². The van der Waals surface area contributed by atoms with E-state index in [1.54, 1.807) is 6.07 Å². The molecular formula is C12H13BrClN3O. The number of halogens is 2. The average molecular weight is 331 g/mol. The van der Waals surface area contributed by atoms with Crippen LogP contribution < -0.4 is 0 Å². The van der Waals surface area contributed by atoms with Gasteiger partial charge in [-0.05, 0) is 32.0 Å². The van der Waals surface area contributed by atoms with E-state index in [1.807, 2.05) is 30.5 Å².